The summed E-state index contributed by atoms with van der Waals surface area (Å²) in [5.74, 6) is -2.74. The molecule has 1 aliphatic carbocycles. The van der Waals surface area contributed by atoms with Crippen LogP contribution in [0.2, 0.25) is 0 Å². The van der Waals surface area contributed by atoms with E-state index in [-0.39, 0.29) is 17.4 Å². The maximum Gasteiger partial charge on any atom is 0.309 e. The minimum absolute atomic E-state index is 0.0575. The molecule has 0 unspecified atom stereocenters. The zero-order chi connectivity index (χ0) is 15.0. The van der Waals surface area contributed by atoms with E-state index in [2.05, 4.69) is 13.8 Å². The van der Waals surface area contributed by atoms with E-state index in [1.54, 1.807) is 0 Å². The number of carboxylic acids is 1. The third-order valence-electron chi connectivity index (χ3n) is 4.57. The lowest BCUT2D eigenvalue weighted by molar-refractivity contribution is -0.152. The molecule has 0 amide bonds. The van der Waals surface area contributed by atoms with Gasteiger partial charge in [0.15, 0.2) is 11.6 Å². The Morgan fingerprint density at radius 3 is 2.35 bits per heavy atom. The largest absolute Gasteiger partial charge is 0.481 e. The molecule has 0 spiro atoms. The fourth-order valence-corrected chi connectivity index (χ4v) is 2.92. The lowest BCUT2D eigenvalue weighted by Gasteiger charge is -2.41. The molecule has 20 heavy (non-hydrogen) atoms. The van der Waals surface area contributed by atoms with Crippen LogP contribution in [-0.4, -0.2) is 11.1 Å². The van der Waals surface area contributed by atoms with Crippen LogP contribution in [0.15, 0.2) is 18.2 Å². The van der Waals surface area contributed by atoms with E-state index >= 15 is 0 Å². The molecule has 1 aromatic rings. The van der Waals surface area contributed by atoms with Gasteiger partial charge in [-0.05, 0) is 49.1 Å². The standard InChI is InChI=1S/C16H20F2O2/c1-15(2)6-8-16(9-7-15,14(19)20)10-11-4-3-5-12(17)13(11)18/h3-5H,6-10H2,1-2H3,(H,19,20). The molecule has 1 aliphatic rings. The van der Waals surface area contributed by atoms with Gasteiger partial charge in [0.05, 0.1) is 5.41 Å². The Hall–Kier alpha value is -1.45. The van der Waals surface area contributed by atoms with Gasteiger partial charge in [-0.3, -0.25) is 4.79 Å². The number of aliphatic carboxylic acids is 1. The maximum absolute atomic E-state index is 13.8. The van der Waals surface area contributed by atoms with Crippen molar-refractivity contribution in [3.05, 3.63) is 35.4 Å². The first-order valence-electron chi connectivity index (χ1n) is 6.92. The summed E-state index contributed by atoms with van der Waals surface area (Å²) in [7, 11) is 0. The van der Waals surface area contributed by atoms with Crippen LogP contribution in [0.3, 0.4) is 0 Å². The highest BCUT2D eigenvalue weighted by atomic mass is 19.2. The zero-order valence-corrected chi connectivity index (χ0v) is 11.9. The average Bonchev–Trinajstić information content (AvgIpc) is 2.37. The first-order valence-corrected chi connectivity index (χ1v) is 6.92. The van der Waals surface area contributed by atoms with Gasteiger partial charge in [0, 0.05) is 0 Å². The van der Waals surface area contributed by atoms with E-state index in [1.807, 2.05) is 0 Å². The molecule has 2 nitrogen and oxygen atoms in total. The van der Waals surface area contributed by atoms with E-state index in [0.29, 0.717) is 12.8 Å². The van der Waals surface area contributed by atoms with E-state index in [1.165, 1.54) is 12.1 Å². The van der Waals surface area contributed by atoms with Crippen molar-refractivity contribution in [2.24, 2.45) is 10.8 Å². The quantitative estimate of drug-likeness (QED) is 0.903. The third kappa shape index (κ3) is 2.84. The molecule has 2 rings (SSSR count). The number of carboxylic acid groups (broad SMARTS) is 1. The molecule has 1 aromatic carbocycles. The van der Waals surface area contributed by atoms with Gasteiger partial charge in [0.25, 0.3) is 0 Å². The van der Waals surface area contributed by atoms with Gasteiger partial charge < -0.3 is 5.11 Å². The highest BCUT2D eigenvalue weighted by Gasteiger charge is 2.44. The first-order chi connectivity index (χ1) is 9.26. The predicted molar refractivity (Wildman–Crippen MR) is 72.4 cm³/mol. The molecule has 0 atom stereocenters. The van der Waals surface area contributed by atoms with E-state index in [0.717, 1.165) is 18.9 Å². The summed E-state index contributed by atoms with van der Waals surface area (Å²) in [6.45, 7) is 4.23. The molecule has 0 heterocycles. The molecule has 1 N–H and O–H groups in total. The molecule has 0 bridgehead atoms. The molecule has 1 fully saturated rings. The van der Waals surface area contributed by atoms with E-state index < -0.39 is 23.0 Å². The number of hydrogen-bond donors (Lipinski definition) is 1. The van der Waals surface area contributed by atoms with Crippen LogP contribution in [0, 0.1) is 22.5 Å². The first kappa shape index (κ1) is 14.9. The van der Waals surface area contributed by atoms with Crippen molar-refractivity contribution in [2.75, 3.05) is 0 Å². The Labute approximate surface area is 117 Å². The van der Waals surface area contributed by atoms with E-state index in [9.17, 15) is 18.7 Å². The normalized spacial score (nSPS) is 20.6. The van der Waals surface area contributed by atoms with Crippen molar-refractivity contribution < 1.29 is 18.7 Å². The van der Waals surface area contributed by atoms with Gasteiger partial charge in [0.1, 0.15) is 0 Å². The van der Waals surface area contributed by atoms with Crippen molar-refractivity contribution in [3.8, 4) is 0 Å². The lowest BCUT2D eigenvalue weighted by Crippen LogP contribution is -2.39. The summed E-state index contributed by atoms with van der Waals surface area (Å²) < 4.78 is 27.0. The van der Waals surface area contributed by atoms with Gasteiger partial charge in [-0.1, -0.05) is 26.0 Å². The van der Waals surface area contributed by atoms with Crippen molar-refractivity contribution in [2.45, 2.75) is 46.0 Å². The SMILES string of the molecule is CC1(C)CCC(Cc2cccc(F)c2F)(C(=O)O)CC1. The van der Waals surface area contributed by atoms with Crippen LogP contribution >= 0.6 is 0 Å². The second-order valence-electron chi connectivity index (χ2n) is 6.64. The molecular formula is C16H20F2O2. The van der Waals surface area contributed by atoms with Crippen LogP contribution in [-0.2, 0) is 11.2 Å². The van der Waals surface area contributed by atoms with Gasteiger partial charge in [-0.25, -0.2) is 8.78 Å². The highest BCUT2D eigenvalue weighted by molar-refractivity contribution is 5.75. The summed E-state index contributed by atoms with van der Waals surface area (Å²) in [6.07, 6.45) is 2.64. The highest BCUT2D eigenvalue weighted by Crippen LogP contribution is 2.47. The van der Waals surface area contributed by atoms with Crippen LogP contribution < -0.4 is 0 Å². The van der Waals surface area contributed by atoms with Crippen molar-refractivity contribution in [3.63, 3.8) is 0 Å². The second kappa shape index (κ2) is 5.15. The van der Waals surface area contributed by atoms with Gasteiger partial charge in [-0.15, -0.1) is 0 Å². The van der Waals surface area contributed by atoms with Gasteiger partial charge in [-0.2, -0.15) is 0 Å². The number of carbonyl (C=O) groups is 1. The fraction of sp³-hybridized carbons (Fsp3) is 0.562. The zero-order valence-electron chi connectivity index (χ0n) is 11.9. The van der Waals surface area contributed by atoms with Gasteiger partial charge in [0.2, 0.25) is 0 Å². The molecule has 0 aromatic heterocycles. The Kier molecular flexibility index (Phi) is 3.85. The predicted octanol–water partition coefficient (Wildman–Crippen LogP) is 4.18. The molecule has 1 saturated carbocycles. The Bertz CT molecular complexity index is 513. The van der Waals surface area contributed by atoms with Crippen LogP contribution in [0.25, 0.3) is 0 Å². The minimum Gasteiger partial charge on any atom is -0.481 e. The Balaban J connectivity index is 2.27. The molecule has 0 radical (unpaired) electrons. The summed E-state index contributed by atoms with van der Waals surface area (Å²) in [5.41, 5.74) is -0.684. The third-order valence-corrected chi connectivity index (χ3v) is 4.57. The smallest absolute Gasteiger partial charge is 0.309 e. The van der Waals surface area contributed by atoms with Crippen molar-refractivity contribution in [1.82, 2.24) is 0 Å². The Morgan fingerprint density at radius 1 is 1.20 bits per heavy atom. The average molecular weight is 282 g/mol. The van der Waals surface area contributed by atoms with Crippen LogP contribution in [0.1, 0.15) is 45.1 Å². The number of hydrogen-bond acceptors (Lipinski definition) is 1. The maximum atomic E-state index is 13.8. The van der Waals surface area contributed by atoms with Crippen LogP contribution in [0.4, 0.5) is 8.78 Å². The minimum atomic E-state index is -0.968. The second-order valence-corrected chi connectivity index (χ2v) is 6.64. The molecule has 110 valence electrons. The number of halogens is 2. The topological polar surface area (TPSA) is 37.3 Å². The van der Waals surface area contributed by atoms with Crippen LogP contribution in [0.5, 0.6) is 0 Å². The van der Waals surface area contributed by atoms with Gasteiger partial charge >= 0.3 is 5.97 Å². The van der Waals surface area contributed by atoms with E-state index in [4.69, 9.17) is 0 Å². The summed E-state index contributed by atoms with van der Waals surface area (Å²) in [5, 5.41) is 9.56. The summed E-state index contributed by atoms with van der Waals surface area (Å²) in [6, 6.07) is 3.95. The lowest BCUT2D eigenvalue weighted by atomic mass is 9.63. The van der Waals surface area contributed by atoms with Crippen molar-refractivity contribution >= 4 is 5.97 Å². The Morgan fingerprint density at radius 2 is 1.80 bits per heavy atom. The molecule has 0 saturated heterocycles. The number of rotatable bonds is 3. The fourth-order valence-electron chi connectivity index (χ4n) is 2.92. The molecule has 4 heteroatoms. The van der Waals surface area contributed by atoms with Crippen molar-refractivity contribution in [1.29, 1.82) is 0 Å². The summed E-state index contributed by atoms with van der Waals surface area (Å²) in [4.78, 5) is 11.7. The molecule has 0 aliphatic heterocycles. The molecular weight excluding hydrogens is 262 g/mol. The number of benzene rings is 1. The summed E-state index contributed by atoms with van der Waals surface area (Å²) >= 11 is 0. The monoisotopic (exact) mass is 282 g/mol.